The number of carbonyl (C=O) groups excluding carboxylic acids is 1. The van der Waals surface area contributed by atoms with E-state index < -0.39 is 5.60 Å². The highest BCUT2D eigenvalue weighted by atomic mass is 16.7. The molecule has 7 heteroatoms. The molecule has 7 nitrogen and oxygen atoms in total. The Morgan fingerprint density at radius 2 is 2.00 bits per heavy atom. The van der Waals surface area contributed by atoms with Crippen molar-refractivity contribution in [1.29, 1.82) is 0 Å². The average Bonchev–Trinajstić information content (AvgIpc) is 2.45. The van der Waals surface area contributed by atoms with Gasteiger partial charge in [0.05, 0.1) is 25.3 Å². The van der Waals surface area contributed by atoms with Gasteiger partial charge < -0.3 is 24.3 Å². The molecule has 2 unspecified atom stereocenters. The lowest BCUT2D eigenvalue weighted by Gasteiger charge is -2.37. The van der Waals surface area contributed by atoms with Crippen molar-refractivity contribution in [2.75, 3.05) is 40.5 Å². The number of nitrogens with one attached hydrogen (secondary N) is 1. The molecule has 0 saturated carbocycles. The van der Waals surface area contributed by atoms with Crippen LogP contribution in [0.3, 0.4) is 0 Å². The number of carbonyl (C=O) groups is 1. The molecule has 2 atom stereocenters. The van der Waals surface area contributed by atoms with E-state index in [1.54, 1.807) is 19.1 Å². The summed E-state index contributed by atoms with van der Waals surface area (Å²) < 4.78 is 21.4. The number of amides is 1. The Bertz CT molecular complexity index is 341. The van der Waals surface area contributed by atoms with Crippen molar-refractivity contribution in [2.45, 2.75) is 51.7 Å². The minimum atomic E-state index is -0.502. The van der Waals surface area contributed by atoms with Crippen LogP contribution in [0.1, 0.15) is 27.7 Å². The van der Waals surface area contributed by atoms with Gasteiger partial charge in [0.1, 0.15) is 5.60 Å². The maximum Gasteiger partial charge on any atom is 0.410 e. The van der Waals surface area contributed by atoms with Gasteiger partial charge in [-0.2, -0.15) is 0 Å². The summed E-state index contributed by atoms with van der Waals surface area (Å²) in [6.45, 7) is 9.71. The zero-order valence-corrected chi connectivity index (χ0v) is 14.5. The minimum absolute atomic E-state index is 0.00240. The first-order valence-corrected chi connectivity index (χ1v) is 7.65. The zero-order valence-electron chi connectivity index (χ0n) is 14.5. The Labute approximate surface area is 133 Å². The fourth-order valence-electron chi connectivity index (χ4n) is 2.31. The summed E-state index contributed by atoms with van der Waals surface area (Å²) >= 11 is 0. The molecule has 0 radical (unpaired) electrons. The normalized spacial score (nSPS) is 21.0. The molecular formula is C15H30N2O5. The van der Waals surface area contributed by atoms with Gasteiger partial charge in [0.25, 0.3) is 0 Å². The smallest absolute Gasteiger partial charge is 0.410 e. The predicted octanol–water partition coefficient (Wildman–Crippen LogP) is 1.22. The molecule has 130 valence electrons. The molecular weight excluding hydrogens is 288 g/mol. The van der Waals surface area contributed by atoms with Gasteiger partial charge in [0.2, 0.25) is 0 Å². The Morgan fingerprint density at radius 1 is 1.36 bits per heavy atom. The molecule has 0 aromatic heterocycles. The van der Waals surface area contributed by atoms with E-state index in [2.05, 4.69) is 5.32 Å². The maximum atomic E-state index is 12.3. The number of nitrogens with zero attached hydrogens (tertiary/aromatic N) is 1. The highest BCUT2D eigenvalue weighted by Crippen LogP contribution is 2.14. The van der Waals surface area contributed by atoms with Crippen molar-refractivity contribution in [3.63, 3.8) is 0 Å². The molecule has 1 rings (SSSR count). The van der Waals surface area contributed by atoms with Crippen molar-refractivity contribution in [3.8, 4) is 0 Å². The molecule has 0 aromatic rings. The largest absolute Gasteiger partial charge is 0.444 e. The Balaban J connectivity index is 2.56. The summed E-state index contributed by atoms with van der Waals surface area (Å²) in [6, 6.07) is -0.0715. The van der Waals surface area contributed by atoms with E-state index in [1.165, 1.54) is 0 Å². The van der Waals surface area contributed by atoms with E-state index in [9.17, 15) is 4.79 Å². The predicted molar refractivity (Wildman–Crippen MR) is 82.8 cm³/mol. The van der Waals surface area contributed by atoms with Crippen LogP contribution in [0.5, 0.6) is 0 Å². The van der Waals surface area contributed by atoms with Crippen LogP contribution in [-0.2, 0) is 18.9 Å². The second kappa shape index (κ2) is 8.67. The molecule has 0 aliphatic carbocycles. The molecule has 1 saturated heterocycles. The van der Waals surface area contributed by atoms with Gasteiger partial charge in [-0.05, 0) is 27.7 Å². The Morgan fingerprint density at radius 3 is 2.55 bits per heavy atom. The number of ether oxygens (including phenoxy) is 4. The maximum absolute atomic E-state index is 12.3. The Kier molecular flexibility index (Phi) is 7.55. The number of morpholine rings is 1. The van der Waals surface area contributed by atoms with Crippen LogP contribution in [-0.4, -0.2) is 75.5 Å². The molecule has 0 spiro atoms. The number of rotatable bonds is 6. The molecule has 1 heterocycles. The molecule has 0 aromatic carbocycles. The SMILES string of the molecule is COC(OC)C(C)NCC1COCCN1C(=O)OC(C)(C)C. The molecule has 1 fully saturated rings. The fraction of sp³-hybridized carbons (Fsp3) is 0.933. The molecule has 1 N–H and O–H groups in total. The van der Waals surface area contributed by atoms with E-state index >= 15 is 0 Å². The lowest BCUT2D eigenvalue weighted by Crippen LogP contribution is -2.55. The molecule has 1 aliphatic heterocycles. The van der Waals surface area contributed by atoms with Crippen molar-refractivity contribution in [1.82, 2.24) is 10.2 Å². The second-order valence-electron chi connectivity index (χ2n) is 6.44. The quantitative estimate of drug-likeness (QED) is 0.743. The summed E-state index contributed by atoms with van der Waals surface area (Å²) in [5.74, 6) is 0. The molecule has 1 aliphatic rings. The fourth-order valence-corrected chi connectivity index (χ4v) is 2.31. The lowest BCUT2D eigenvalue weighted by atomic mass is 10.2. The van der Waals surface area contributed by atoms with Crippen LogP contribution in [0.25, 0.3) is 0 Å². The summed E-state index contributed by atoms with van der Waals surface area (Å²) in [5.41, 5.74) is -0.502. The summed E-state index contributed by atoms with van der Waals surface area (Å²) in [7, 11) is 3.20. The van der Waals surface area contributed by atoms with Gasteiger partial charge in [0.15, 0.2) is 6.29 Å². The third-order valence-corrected chi connectivity index (χ3v) is 3.40. The van der Waals surface area contributed by atoms with Crippen LogP contribution in [0.4, 0.5) is 4.79 Å². The van der Waals surface area contributed by atoms with Crippen molar-refractivity contribution < 1.29 is 23.7 Å². The highest BCUT2D eigenvalue weighted by Gasteiger charge is 2.31. The highest BCUT2D eigenvalue weighted by molar-refractivity contribution is 5.68. The van der Waals surface area contributed by atoms with Crippen LogP contribution < -0.4 is 5.32 Å². The minimum Gasteiger partial charge on any atom is -0.444 e. The van der Waals surface area contributed by atoms with Crippen molar-refractivity contribution in [3.05, 3.63) is 0 Å². The van der Waals surface area contributed by atoms with Crippen LogP contribution in [0, 0.1) is 0 Å². The van der Waals surface area contributed by atoms with E-state index in [-0.39, 0.29) is 24.5 Å². The van der Waals surface area contributed by atoms with Gasteiger partial charge >= 0.3 is 6.09 Å². The van der Waals surface area contributed by atoms with Crippen LogP contribution in [0.15, 0.2) is 0 Å². The number of methoxy groups -OCH3 is 2. The first-order valence-electron chi connectivity index (χ1n) is 7.65. The summed E-state index contributed by atoms with van der Waals surface area (Å²) in [4.78, 5) is 14.0. The molecule has 22 heavy (non-hydrogen) atoms. The van der Waals surface area contributed by atoms with Crippen LogP contribution >= 0.6 is 0 Å². The van der Waals surface area contributed by atoms with Crippen LogP contribution in [0.2, 0.25) is 0 Å². The van der Waals surface area contributed by atoms with Gasteiger partial charge in [0, 0.05) is 27.3 Å². The monoisotopic (exact) mass is 318 g/mol. The first kappa shape index (κ1) is 19.2. The zero-order chi connectivity index (χ0) is 16.8. The van der Waals surface area contributed by atoms with E-state index in [1.807, 2.05) is 27.7 Å². The topological polar surface area (TPSA) is 69.3 Å². The third-order valence-electron chi connectivity index (χ3n) is 3.40. The number of hydrogen-bond acceptors (Lipinski definition) is 6. The molecule has 0 bridgehead atoms. The lowest BCUT2D eigenvalue weighted by molar-refractivity contribution is -0.120. The third kappa shape index (κ3) is 6.08. The van der Waals surface area contributed by atoms with Crippen molar-refractivity contribution in [2.24, 2.45) is 0 Å². The van der Waals surface area contributed by atoms with Gasteiger partial charge in [-0.1, -0.05) is 0 Å². The van der Waals surface area contributed by atoms with Gasteiger partial charge in [-0.25, -0.2) is 4.79 Å². The second-order valence-corrected chi connectivity index (χ2v) is 6.44. The average molecular weight is 318 g/mol. The van der Waals surface area contributed by atoms with Crippen molar-refractivity contribution >= 4 is 6.09 Å². The standard InChI is InChI=1S/C15H30N2O5/c1-11(13(19-5)20-6)16-9-12-10-21-8-7-17(12)14(18)22-15(2,3)4/h11-13,16H,7-10H2,1-6H3. The first-order chi connectivity index (χ1) is 10.3. The van der Waals surface area contributed by atoms with E-state index in [4.69, 9.17) is 18.9 Å². The molecule has 1 amide bonds. The Hall–Kier alpha value is -0.890. The van der Waals surface area contributed by atoms with Gasteiger partial charge in [-0.15, -0.1) is 0 Å². The van der Waals surface area contributed by atoms with E-state index in [0.29, 0.717) is 26.3 Å². The van der Waals surface area contributed by atoms with E-state index in [0.717, 1.165) is 0 Å². The van der Waals surface area contributed by atoms with Gasteiger partial charge in [-0.3, -0.25) is 4.90 Å². The summed E-state index contributed by atoms with van der Waals surface area (Å²) in [5, 5.41) is 3.32. The summed E-state index contributed by atoms with van der Waals surface area (Å²) in [6.07, 6.45) is -0.634. The number of hydrogen-bond donors (Lipinski definition) is 1.